The van der Waals surface area contributed by atoms with E-state index in [4.69, 9.17) is 5.11 Å². The number of hydrogen-bond acceptors (Lipinski definition) is 5. The molecule has 100 valence electrons. The van der Waals surface area contributed by atoms with Gasteiger partial charge in [0.05, 0.1) is 5.92 Å². The molecule has 7 heteroatoms. The fourth-order valence-electron chi connectivity index (χ4n) is 2.43. The van der Waals surface area contributed by atoms with Crippen LogP contribution in [0.2, 0.25) is 0 Å². The molecule has 0 aromatic carbocycles. The van der Waals surface area contributed by atoms with E-state index in [1.165, 1.54) is 0 Å². The van der Waals surface area contributed by atoms with Crippen molar-refractivity contribution >= 4 is 17.7 Å². The average Bonchev–Trinajstić information content (AvgIpc) is 2.92. The molecule has 3 rings (SSSR count). The minimum atomic E-state index is -0.753. The maximum Gasteiger partial charge on any atom is 0.308 e. The van der Waals surface area contributed by atoms with E-state index in [0.29, 0.717) is 31.2 Å². The molecular weight excluding hydrogens is 246 g/mol. The third-order valence-corrected chi connectivity index (χ3v) is 3.43. The Balaban J connectivity index is 1.94. The van der Waals surface area contributed by atoms with Crippen LogP contribution < -0.4 is 4.90 Å². The van der Waals surface area contributed by atoms with Gasteiger partial charge in [-0.1, -0.05) is 0 Å². The number of fused-ring (bicyclic) bond motifs is 1. The summed E-state index contributed by atoms with van der Waals surface area (Å²) in [4.78, 5) is 21.6. The number of aryl methyl sites for hydroxylation is 2. The van der Waals surface area contributed by atoms with E-state index in [1.807, 2.05) is 24.8 Å². The summed E-state index contributed by atoms with van der Waals surface area (Å²) in [5.41, 5.74) is 1.86. The van der Waals surface area contributed by atoms with Gasteiger partial charge in [-0.25, -0.2) is 4.98 Å². The summed E-state index contributed by atoms with van der Waals surface area (Å²) in [5, 5.41) is 13.4. The molecule has 7 nitrogen and oxygen atoms in total. The van der Waals surface area contributed by atoms with Crippen LogP contribution in [0.3, 0.4) is 0 Å². The van der Waals surface area contributed by atoms with Crippen molar-refractivity contribution in [2.75, 3.05) is 18.0 Å². The maximum atomic E-state index is 11.0. The largest absolute Gasteiger partial charge is 0.481 e. The number of carboxylic acid groups (broad SMARTS) is 1. The summed E-state index contributed by atoms with van der Waals surface area (Å²) < 4.78 is 1.69. The first-order chi connectivity index (χ1) is 9.04. The molecule has 1 fully saturated rings. The van der Waals surface area contributed by atoms with Crippen molar-refractivity contribution in [1.29, 1.82) is 0 Å². The number of aliphatic carboxylic acids is 1. The van der Waals surface area contributed by atoms with Crippen LogP contribution in [0.1, 0.15) is 17.8 Å². The standard InChI is InChI=1S/C12H15N5O2/c1-7-5-8(2)17-11(13-7)14-12(15-17)16-4-3-9(6-16)10(18)19/h5,9H,3-4,6H2,1-2H3,(H,18,19)/t9-/m0/s1. The second-order valence-corrected chi connectivity index (χ2v) is 4.93. The smallest absolute Gasteiger partial charge is 0.308 e. The van der Waals surface area contributed by atoms with Gasteiger partial charge in [0.2, 0.25) is 5.95 Å². The van der Waals surface area contributed by atoms with Crippen LogP contribution in [0.4, 0.5) is 5.95 Å². The Morgan fingerprint density at radius 1 is 1.42 bits per heavy atom. The van der Waals surface area contributed by atoms with E-state index in [1.54, 1.807) is 4.52 Å². The van der Waals surface area contributed by atoms with Crippen LogP contribution in [0.5, 0.6) is 0 Å². The molecule has 0 saturated carbocycles. The number of aromatic nitrogens is 4. The summed E-state index contributed by atoms with van der Waals surface area (Å²) in [6.45, 7) is 5.00. The summed E-state index contributed by atoms with van der Waals surface area (Å²) >= 11 is 0. The average molecular weight is 261 g/mol. The quantitative estimate of drug-likeness (QED) is 0.854. The third-order valence-electron chi connectivity index (χ3n) is 3.43. The first-order valence-corrected chi connectivity index (χ1v) is 6.23. The van der Waals surface area contributed by atoms with Crippen molar-refractivity contribution in [3.63, 3.8) is 0 Å². The van der Waals surface area contributed by atoms with Gasteiger partial charge in [-0.2, -0.15) is 9.50 Å². The molecule has 1 atom stereocenters. The second-order valence-electron chi connectivity index (χ2n) is 4.93. The van der Waals surface area contributed by atoms with Gasteiger partial charge in [-0.15, -0.1) is 5.10 Å². The molecule has 0 unspecified atom stereocenters. The molecule has 0 spiro atoms. The fourth-order valence-corrected chi connectivity index (χ4v) is 2.43. The van der Waals surface area contributed by atoms with Gasteiger partial charge >= 0.3 is 5.97 Å². The monoisotopic (exact) mass is 261 g/mol. The highest BCUT2D eigenvalue weighted by Gasteiger charge is 2.30. The van der Waals surface area contributed by atoms with Crippen molar-refractivity contribution in [2.45, 2.75) is 20.3 Å². The van der Waals surface area contributed by atoms with Crippen molar-refractivity contribution in [1.82, 2.24) is 19.6 Å². The van der Waals surface area contributed by atoms with Crippen LogP contribution >= 0.6 is 0 Å². The number of hydrogen-bond donors (Lipinski definition) is 1. The van der Waals surface area contributed by atoms with Crippen LogP contribution in [0.15, 0.2) is 6.07 Å². The number of carbonyl (C=O) groups is 1. The van der Waals surface area contributed by atoms with Crippen LogP contribution in [-0.2, 0) is 4.79 Å². The van der Waals surface area contributed by atoms with Crippen molar-refractivity contribution < 1.29 is 9.90 Å². The Bertz CT molecular complexity index is 651. The highest BCUT2D eigenvalue weighted by Crippen LogP contribution is 2.21. The molecular formula is C12H15N5O2. The lowest BCUT2D eigenvalue weighted by molar-refractivity contribution is -0.140. The van der Waals surface area contributed by atoms with Gasteiger partial charge in [-0.3, -0.25) is 4.79 Å². The molecule has 0 aliphatic carbocycles. The predicted octanol–water partition coefficient (Wildman–Crippen LogP) is 0.652. The van der Waals surface area contributed by atoms with Gasteiger partial charge in [0, 0.05) is 24.5 Å². The number of carboxylic acids is 1. The van der Waals surface area contributed by atoms with E-state index in [2.05, 4.69) is 15.1 Å². The van der Waals surface area contributed by atoms with E-state index in [9.17, 15) is 4.79 Å². The highest BCUT2D eigenvalue weighted by molar-refractivity contribution is 5.71. The van der Waals surface area contributed by atoms with Crippen molar-refractivity contribution in [2.24, 2.45) is 5.92 Å². The maximum absolute atomic E-state index is 11.0. The lowest BCUT2D eigenvalue weighted by atomic mass is 10.1. The number of nitrogens with zero attached hydrogens (tertiary/aromatic N) is 5. The van der Waals surface area contributed by atoms with Crippen LogP contribution in [-0.4, -0.2) is 43.7 Å². The van der Waals surface area contributed by atoms with Crippen molar-refractivity contribution in [3.8, 4) is 0 Å². The summed E-state index contributed by atoms with van der Waals surface area (Å²) in [5.74, 6) is 0.0371. The molecule has 3 heterocycles. The van der Waals surface area contributed by atoms with E-state index < -0.39 is 5.97 Å². The molecule has 0 radical (unpaired) electrons. The topological polar surface area (TPSA) is 83.6 Å². The van der Waals surface area contributed by atoms with Gasteiger partial charge in [0.25, 0.3) is 5.78 Å². The Labute approximate surface area is 109 Å². The highest BCUT2D eigenvalue weighted by atomic mass is 16.4. The zero-order valence-corrected chi connectivity index (χ0v) is 10.9. The fraction of sp³-hybridized carbons (Fsp3) is 0.500. The molecule has 2 aromatic rings. The van der Waals surface area contributed by atoms with Crippen molar-refractivity contribution in [3.05, 3.63) is 17.5 Å². The Kier molecular flexibility index (Phi) is 2.62. The minimum Gasteiger partial charge on any atom is -0.481 e. The van der Waals surface area contributed by atoms with Gasteiger partial charge in [-0.05, 0) is 26.3 Å². The molecule has 0 amide bonds. The molecule has 1 aliphatic heterocycles. The molecule has 1 saturated heterocycles. The SMILES string of the molecule is Cc1cc(C)n2nc(N3CC[C@H](C(=O)O)C3)nc2n1. The molecule has 1 aliphatic rings. The Morgan fingerprint density at radius 2 is 2.21 bits per heavy atom. The van der Waals surface area contributed by atoms with E-state index in [-0.39, 0.29) is 5.92 Å². The normalized spacial score (nSPS) is 19.3. The van der Waals surface area contributed by atoms with Gasteiger partial charge in [0.1, 0.15) is 0 Å². The zero-order valence-electron chi connectivity index (χ0n) is 10.9. The Hall–Kier alpha value is -2.18. The van der Waals surface area contributed by atoms with Crippen LogP contribution in [0.25, 0.3) is 5.78 Å². The second kappa shape index (κ2) is 4.18. The predicted molar refractivity (Wildman–Crippen MR) is 68.2 cm³/mol. The summed E-state index contributed by atoms with van der Waals surface area (Å²) in [7, 11) is 0. The summed E-state index contributed by atoms with van der Waals surface area (Å²) in [6, 6.07) is 1.94. The minimum absolute atomic E-state index is 0.331. The first kappa shape index (κ1) is 11.9. The molecule has 0 bridgehead atoms. The molecule has 19 heavy (non-hydrogen) atoms. The first-order valence-electron chi connectivity index (χ1n) is 6.23. The summed E-state index contributed by atoms with van der Waals surface area (Å²) in [6.07, 6.45) is 0.635. The third kappa shape index (κ3) is 2.00. The lowest BCUT2D eigenvalue weighted by Gasteiger charge is -2.11. The van der Waals surface area contributed by atoms with E-state index >= 15 is 0 Å². The molecule has 1 N–H and O–H groups in total. The van der Waals surface area contributed by atoms with Gasteiger partial charge in [0.15, 0.2) is 0 Å². The number of anilines is 1. The van der Waals surface area contributed by atoms with Crippen LogP contribution in [0, 0.1) is 19.8 Å². The van der Waals surface area contributed by atoms with E-state index in [0.717, 1.165) is 11.4 Å². The molecule has 2 aromatic heterocycles. The van der Waals surface area contributed by atoms with Gasteiger partial charge < -0.3 is 10.0 Å². The zero-order chi connectivity index (χ0) is 13.6. The number of rotatable bonds is 2. The Morgan fingerprint density at radius 3 is 2.89 bits per heavy atom. The lowest BCUT2D eigenvalue weighted by Crippen LogP contribution is -2.23.